The highest BCUT2D eigenvalue weighted by molar-refractivity contribution is 7.93. The van der Waals surface area contributed by atoms with Crippen molar-refractivity contribution in [1.29, 1.82) is 0 Å². The molecular weight excluding hydrogens is 390 g/mol. The first-order valence-corrected chi connectivity index (χ1v) is 9.14. The van der Waals surface area contributed by atoms with Crippen LogP contribution in [0, 0.1) is 0 Å². The summed E-state index contributed by atoms with van der Waals surface area (Å²) in [4.78, 5) is 10.4. The quantitative estimate of drug-likeness (QED) is 0.659. The molecule has 0 aliphatic rings. The number of fused-ring (bicyclic) bond motifs is 1. The van der Waals surface area contributed by atoms with E-state index in [2.05, 4.69) is 19.7 Å². The van der Waals surface area contributed by atoms with Crippen molar-refractivity contribution in [3.05, 3.63) is 41.2 Å². The number of rotatable bonds is 6. The molecule has 0 radical (unpaired) electrons. The lowest BCUT2D eigenvalue weighted by atomic mass is 10.2. The van der Waals surface area contributed by atoms with E-state index in [1.165, 1.54) is 13.3 Å². The first-order chi connectivity index (χ1) is 12.3. The van der Waals surface area contributed by atoms with Crippen molar-refractivity contribution in [3.8, 4) is 5.88 Å². The zero-order valence-corrected chi connectivity index (χ0v) is 14.9. The van der Waals surface area contributed by atoms with Crippen LogP contribution in [0.1, 0.15) is 5.56 Å². The number of aromatic amines is 1. The molecule has 2 heterocycles. The summed E-state index contributed by atoms with van der Waals surface area (Å²) >= 11 is 6.03. The SMILES string of the molecule is COc1nc(NS(=O)(=O)c2c[nH]c3c(Cl)cccc23)ncc1CC(F)F. The normalized spacial score (nSPS) is 11.9. The predicted octanol–water partition coefficient (Wildman–Crippen LogP) is 3.23. The van der Waals surface area contributed by atoms with E-state index in [0.717, 1.165) is 6.20 Å². The third-order valence-corrected chi connectivity index (χ3v) is 5.22. The van der Waals surface area contributed by atoms with E-state index in [1.807, 2.05) is 0 Å². The molecule has 0 fully saturated rings. The van der Waals surface area contributed by atoms with Crippen molar-refractivity contribution in [1.82, 2.24) is 15.0 Å². The molecule has 0 aliphatic heterocycles. The van der Waals surface area contributed by atoms with E-state index in [9.17, 15) is 17.2 Å². The molecule has 138 valence electrons. The summed E-state index contributed by atoms with van der Waals surface area (Å²) in [6, 6.07) is 4.84. The molecule has 2 N–H and O–H groups in total. The van der Waals surface area contributed by atoms with Gasteiger partial charge in [0, 0.05) is 29.8 Å². The van der Waals surface area contributed by atoms with Crippen LogP contribution in [-0.4, -0.2) is 36.9 Å². The van der Waals surface area contributed by atoms with Crippen LogP contribution >= 0.6 is 11.6 Å². The minimum atomic E-state index is -4.04. The van der Waals surface area contributed by atoms with Crippen LogP contribution in [0.5, 0.6) is 5.88 Å². The summed E-state index contributed by atoms with van der Waals surface area (Å²) in [5, 5.41) is 0.768. The fourth-order valence-electron chi connectivity index (χ4n) is 2.41. The highest BCUT2D eigenvalue weighted by Gasteiger charge is 2.22. The Morgan fingerprint density at radius 3 is 2.85 bits per heavy atom. The fraction of sp³-hybridized carbons (Fsp3) is 0.200. The number of para-hydroxylation sites is 1. The van der Waals surface area contributed by atoms with Crippen molar-refractivity contribution in [2.75, 3.05) is 11.8 Å². The number of nitrogens with one attached hydrogen (secondary N) is 2. The lowest BCUT2D eigenvalue weighted by Crippen LogP contribution is -2.15. The average Bonchev–Trinajstić information content (AvgIpc) is 3.02. The molecule has 0 bridgehead atoms. The van der Waals surface area contributed by atoms with Gasteiger partial charge in [-0.25, -0.2) is 26.9 Å². The Morgan fingerprint density at radius 2 is 2.15 bits per heavy atom. The van der Waals surface area contributed by atoms with Crippen LogP contribution in [0.4, 0.5) is 14.7 Å². The number of hydrogen-bond donors (Lipinski definition) is 2. The second kappa shape index (κ2) is 7.04. The number of hydrogen-bond acceptors (Lipinski definition) is 5. The predicted molar refractivity (Wildman–Crippen MR) is 92.4 cm³/mol. The summed E-state index contributed by atoms with van der Waals surface area (Å²) in [5.41, 5.74) is 0.546. The zero-order valence-electron chi connectivity index (χ0n) is 13.3. The molecule has 0 saturated heterocycles. The van der Waals surface area contributed by atoms with E-state index < -0.39 is 22.9 Å². The van der Waals surface area contributed by atoms with Gasteiger partial charge >= 0.3 is 0 Å². The van der Waals surface area contributed by atoms with E-state index in [-0.39, 0.29) is 22.3 Å². The van der Waals surface area contributed by atoms with E-state index in [4.69, 9.17) is 16.3 Å². The van der Waals surface area contributed by atoms with E-state index in [0.29, 0.717) is 15.9 Å². The summed E-state index contributed by atoms with van der Waals surface area (Å²) in [7, 11) is -2.80. The van der Waals surface area contributed by atoms with Crippen LogP contribution in [0.3, 0.4) is 0 Å². The number of sulfonamides is 1. The first kappa shape index (κ1) is 18.3. The van der Waals surface area contributed by atoms with Crippen molar-refractivity contribution >= 4 is 38.5 Å². The Balaban J connectivity index is 1.95. The monoisotopic (exact) mass is 402 g/mol. The number of H-pyrrole nitrogens is 1. The number of benzene rings is 1. The zero-order chi connectivity index (χ0) is 18.9. The molecule has 7 nitrogen and oxygen atoms in total. The molecule has 0 unspecified atom stereocenters. The van der Waals surface area contributed by atoms with Crippen molar-refractivity contribution in [2.45, 2.75) is 17.7 Å². The summed E-state index contributed by atoms with van der Waals surface area (Å²) in [6.45, 7) is 0. The van der Waals surface area contributed by atoms with Crippen LogP contribution in [0.2, 0.25) is 5.02 Å². The molecule has 3 rings (SSSR count). The number of nitrogens with zero attached hydrogens (tertiary/aromatic N) is 2. The third-order valence-electron chi connectivity index (χ3n) is 3.53. The molecule has 0 atom stereocenters. The lowest BCUT2D eigenvalue weighted by Gasteiger charge is -2.10. The van der Waals surface area contributed by atoms with Gasteiger partial charge in [0.1, 0.15) is 4.90 Å². The van der Waals surface area contributed by atoms with Gasteiger partial charge in [-0.1, -0.05) is 23.7 Å². The maximum Gasteiger partial charge on any atom is 0.266 e. The van der Waals surface area contributed by atoms with Crippen molar-refractivity contribution in [3.63, 3.8) is 0 Å². The van der Waals surface area contributed by atoms with Gasteiger partial charge in [0.15, 0.2) is 0 Å². The Morgan fingerprint density at radius 1 is 1.38 bits per heavy atom. The smallest absolute Gasteiger partial charge is 0.266 e. The van der Waals surface area contributed by atoms with Gasteiger partial charge in [-0.2, -0.15) is 4.98 Å². The minimum absolute atomic E-state index is 0.0470. The molecule has 0 aliphatic carbocycles. The van der Waals surface area contributed by atoms with Gasteiger partial charge in [0.05, 0.1) is 17.6 Å². The van der Waals surface area contributed by atoms with E-state index >= 15 is 0 Å². The second-order valence-electron chi connectivity index (χ2n) is 5.24. The van der Waals surface area contributed by atoms with Crippen molar-refractivity contribution < 1.29 is 21.9 Å². The topological polar surface area (TPSA) is 97.0 Å². The van der Waals surface area contributed by atoms with Gasteiger partial charge in [0.2, 0.25) is 18.3 Å². The Bertz CT molecular complexity index is 1060. The number of alkyl halides is 2. The number of aromatic nitrogens is 3. The molecule has 3 aromatic rings. The third kappa shape index (κ3) is 3.56. The van der Waals surface area contributed by atoms with Gasteiger partial charge < -0.3 is 9.72 Å². The van der Waals surface area contributed by atoms with Crippen LogP contribution < -0.4 is 9.46 Å². The first-order valence-electron chi connectivity index (χ1n) is 7.28. The number of methoxy groups -OCH3 is 1. The standard InChI is InChI=1S/C15H13ClF2N4O3S/c1-25-14-8(5-12(17)18)6-20-15(21-14)22-26(23,24)11-7-19-13-9(11)3-2-4-10(13)16/h2-4,6-7,12,19H,5H2,1H3,(H,20,21,22). The molecule has 1 aromatic carbocycles. The summed E-state index contributed by atoms with van der Waals surface area (Å²) < 4.78 is 57.5. The number of anilines is 1. The highest BCUT2D eigenvalue weighted by Crippen LogP contribution is 2.29. The van der Waals surface area contributed by atoms with E-state index in [1.54, 1.807) is 18.2 Å². The minimum Gasteiger partial charge on any atom is -0.481 e. The summed E-state index contributed by atoms with van der Waals surface area (Å²) in [5.74, 6) is -0.420. The maximum atomic E-state index is 12.6. The molecule has 0 saturated carbocycles. The van der Waals surface area contributed by atoms with Crippen LogP contribution in [-0.2, 0) is 16.4 Å². The van der Waals surface area contributed by atoms with Gasteiger partial charge in [-0.3, -0.25) is 0 Å². The Labute approximate surface area is 152 Å². The van der Waals surface area contributed by atoms with Gasteiger partial charge in [0.25, 0.3) is 10.0 Å². The molecule has 0 spiro atoms. The van der Waals surface area contributed by atoms with Crippen molar-refractivity contribution in [2.24, 2.45) is 0 Å². The molecule has 26 heavy (non-hydrogen) atoms. The highest BCUT2D eigenvalue weighted by atomic mass is 35.5. The summed E-state index contributed by atoms with van der Waals surface area (Å²) in [6.07, 6.45) is -0.814. The fourth-order valence-corrected chi connectivity index (χ4v) is 3.76. The lowest BCUT2D eigenvalue weighted by molar-refractivity contribution is 0.147. The van der Waals surface area contributed by atoms with Crippen LogP contribution in [0.25, 0.3) is 10.9 Å². The molecule has 0 amide bonds. The largest absolute Gasteiger partial charge is 0.481 e. The average molecular weight is 403 g/mol. The molecule has 2 aromatic heterocycles. The Hall–Kier alpha value is -2.46. The maximum absolute atomic E-state index is 12.6. The number of halogens is 3. The van der Waals surface area contributed by atoms with Gasteiger partial charge in [-0.05, 0) is 6.07 Å². The van der Waals surface area contributed by atoms with Crippen LogP contribution in [0.15, 0.2) is 35.5 Å². The van der Waals surface area contributed by atoms with Gasteiger partial charge in [-0.15, -0.1) is 0 Å². The number of ether oxygens (including phenoxy) is 1. The second-order valence-corrected chi connectivity index (χ2v) is 7.30. The molecular formula is C15H13ClF2N4O3S. The molecule has 11 heteroatoms. The Kier molecular flexibility index (Phi) is 4.97.